The SMILES string of the molecule is CC[C@H](NC(=O)c1c([N+](=O)[O-])cnn1C)C12CC3CC(CC(C3)C1)C2. The van der Waals surface area contributed by atoms with Crippen LogP contribution >= 0.6 is 0 Å². The Morgan fingerprint density at radius 2 is 1.92 bits per heavy atom. The summed E-state index contributed by atoms with van der Waals surface area (Å²) in [5.41, 5.74) is 0.0144. The lowest BCUT2D eigenvalue weighted by Gasteiger charge is -2.59. The summed E-state index contributed by atoms with van der Waals surface area (Å²) in [7, 11) is 1.58. The highest BCUT2D eigenvalue weighted by Crippen LogP contribution is 2.61. The fourth-order valence-electron chi connectivity index (χ4n) is 6.34. The number of aryl methyl sites for hydroxylation is 1. The van der Waals surface area contributed by atoms with Crippen LogP contribution in [-0.4, -0.2) is 26.7 Å². The van der Waals surface area contributed by atoms with E-state index in [0.717, 1.165) is 30.4 Å². The molecule has 1 atom stereocenters. The average Bonchev–Trinajstić information content (AvgIpc) is 2.93. The summed E-state index contributed by atoms with van der Waals surface area (Å²) in [6.07, 6.45) is 9.69. The summed E-state index contributed by atoms with van der Waals surface area (Å²) < 4.78 is 1.31. The first-order valence-corrected chi connectivity index (χ1v) is 9.39. The second-order valence-electron chi connectivity index (χ2n) is 8.47. The minimum Gasteiger partial charge on any atom is -0.347 e. The number of rotatable bonds is 5. The van der Waals surface area contributed by atoms with Gasteiger partial charge in [0.25, 0.3) is 5.91 Å². The Kier molecular flexibility index (Phi) is 3.85. The molecule has 0 unspecified atom stereocenters. The highest BCUT2D eigenvalue weighted by molar-refractivity contribution is 5.96. The van der Waals surface area contributed by atoms with Crippen LogP contribution in [0.5, 0.6) is 0 Å². The molecule has 1 heterocycles. The van der Waals surface area contributed by atoms with Crippen molar-refractivity contribution < 1.29 is 9.72 Å². The van der Waals surface area contributed by atoms with Crippen molar-refractivity contribution in [2.45, 2.75) is 57.9 Å². The van der Waals surface area contributed by atoms with Crippen LogP contribution in [0.1, 0.15) is 62.4 Å². The molecule has 1 aromatic heterocycles. The predicted octanol–water partition coefficient (Wildman–Crippen LogP) is 3.05. The first-order chi connectivity index (χ1) is 11.9. The number of hydrogen-bond acceptors (Lipinski definition) is 4. The third kappa shape index (κ3) is 2.64. The van der Waals surface area contributed by atoms with Gasteiger partial charge in [0.2, 0.25) is 5.69 Å². The molecule has 1 N–H and O–H groups in total. The molecule has 0 saturated heterocycles. The standard InChI is InChI=1S/C18H26N4O3/c1-3-15(18-7-11-4-12(8-18)6-13(5-11)9-18)20-17(23)16-14(22(24)25)10-19-21(16)2/h10-13,15H,3-9H2,1-2H3,(H,20,23)/t11?,12?,13?,15-,18?/m0/s1. The van der Waals surface area contributed by atoms with Crippen molar-refractivity contribution in [2.75, 3.05) is 0 Å². The first-order valence-electron chi connectivity index (χ1n) is 9.39. The smallest absolute Gasteiger partial charge is 0.320 e. The molecule has 0 spiro atoms. The molecule has 0 aliphatic heterocycles. The van der Waals surface area contributed by atoms with Crippen LogP contribution in [0.15, 0.2) is 6.20 Å². The average molecular weight is 346 g/mol. The van der Waals surface area contributed by atoms with E-state index in [2.05, 4.69) is 17.3 Å². The van der Waals surface area contributed by atoms with Crippen molar-refractivity contribution in [3.8, 4) is 0 Å². The molecule has 1 aromatic rings. The second kappa shape index (κ2) is 5.81. The Balaban J connectivity index is 1.58. The number of nitrogens with one attached hydrogen (secondary N) is 1. The van der Waals surface area contributed by atoms with E-state index >= 15 is 0 Å². The Bertz CT molecular complexity index is 676. The molecule has 4 bridgehead atoms. The van der Waals surface area contributed by atoms with Gasteiger partial charge in [0.1, 0.15) is 6.20 Å². The first kappa shape index (κ1) is 16.5. The van der Waals surface area contributed by atoms with E-state index in [1.54, 1.807) is 7.05 Å². The maximum atomic E-state index is 12.8. The van der Waals surface area contributed by atoms with Crippen molar-refractivity contribution in [3.05, 3.63) is 22.0 Å². The van der Waals surface area contributed by atoms with E-state index in [0.29, 0.717) is 0 Å². The van der Waals surface area contributed by atoms with Gasteiger partial charge in [-0.2, -0.15) is 5.10 Å². The second-order valence-corrected chi connectivity index (χ2v) is 8.47. The highest BCUT2D eigenvalue weighted by atomic mass is 16.6. The van der Waals surface area contributed by atoms with E-state index in [-0.39, 0.29) is 28.7 Å². The number of nitro groups is 1. The van der Waals surface area contributed by atoms with Gasteiger partial charge in [-0.15, -0.1) is 0 Å². The summed E-state index contributed by atoms with van der Waals surface area (Å²) in [6, 6.07) is 0.0860. The minimum atomic E-state index is -0.534. The van der Waals surface area contributed by atoms with E-state index in [1.165, 1.54) is 43.2 Å². The van der Waals surface area contributed by atoms with Gasteiger partial charge >= 0.3 is 5.69 Å². The Labute approximate surface area is 147 Å². The molecule has 136 valence electrons. The molecule has 4 aliphatic carbocycles. The molecule has 7 heteroatoms. The lowest BCUT2D eigenvalue weighted by Crippen LogP contribution is -2.56. The van der Waals surface area contributed by atoms with E-state index in [1.807, 2.05) is 0 Å². The van der Waals surface area contributed by atoms with Crippen LogP contribution in [0.4, 0.5) is 5.69 Å². The van der Waals surface area contributed by atoms with E-state index < -0.39 is 4.92 Å². The Morgan fingerprint density at radius 1 is 1.36 bits per heavy atom. The van der Waals surface area contributed by atoms with Crippen molar-refractivity contribution in [1.82, 2.24) is 15.1 Å². The number of amides is 1. The molecule has 7 nitrogen and oxygen atoms in total. The number of hydrogen-bond donors (Lipinski definition) is 1. The molecule has 25 heavy (non-hydrogen) atoms. The van der Waals surface area contributed by atoms with E-state index in [4.69, 9.17) is 0 Å². The van der Waals surface area contributed by atoms with E-state index in [9.17, 15) is 14.9 Å². The highest BCUT2D eigenvalue weighted by Gasteiger charge is 2.54. The third-order valence-corrected chi connectivity index (χ3v) is 6.87. The quantitative estimate of drug-likeness (QED) is 0.655. The largest absolute Gasteiger partial charge is 0.347 e. The maximum Gasteiger partial charge on any atom is 0.320 e. The topological polar surface area (TPSA) is 90.1 Å². The predicted molar refractivity (Wildman–Crippen MR) is 92.0 cm³/mol. The fourth-order valence-corrected chi connectivity index (χ4v) is 6.34. The lowest BCUT2D eigenvalue weighted by molar-refractivity contribution is -0.385. The van der Waals surface area contributed by atoms with Gasteiger partial charge in [-0.3, -0.25) is 19.6 Å². The normalized spacial score (nSPS) is 34.1. The van der Waals surface area contributed by atoms with Gasteiger partial charge in [0, 0.05) is 13.1 Å². The zero-order valence-corrected chi connectivity index (χ0v) is 14.9. The van der Waals surface area contributed by atoms with Crippen LogP contribution in [0.25, 0.3) is 0 Å². The van der Waals surface area contributed by atoms with Gasteiger partial charge in [-0.25, -0.2) is 0 Å². The van der Waals surface area contributed by atoms with Gasteiger partial charge in [-0.05, 0) is 68.1 Å². The van der Waals surface area contributed by atoms with Crippen LogP contribution in [0.2, 0.25) is 0 Å². The zero-order valence-electron chi connectivity index (χ0n) is 14.9. The number of carbonyl (C=O) groups is 1. The third-order valence-electron chi connectivity index (χ3n) is 6.87. The van der Waals surface area contributed by atoms with Crippen molar-refractivity contribution in [1.29, 1.82) is 0 Å². The summed E-state index contributed by atoms with van der Waals surface area (Å²) in [5.74, 6) is 2.06. The van der Waals surface area contributed by atoms with Crippen molar-refractivity contribution in [2.24, 2.45) is 30.2 Å². The molecule has 5 rings (SSSR count). The van der Waals surface area contributed by atoms with Gasteiger partial charge in [-0.1, -0.05) is 6.92 Å². The summed E-state index contributed by atoms with van der Waals surface area (Å²) >= 11 is 0. The number of aromatic nitrogens is 2. The van der Waals surface area contributed by atoms with Crippen LogP contribution in [0, 0.1) is 33.3 Å². The zero-order chi connectivity index (χ0) is 17.8. The maximum absolute atomic E-state index is 12.8. The summed E-state index contributed by atoms with van der Waals surface area (Å²) in [4.78, 5) is 23.5. The van der Waals surface area contributed by atoms with Crippen LogP contribution in [0.3, 0.4) is 0 Å². The van der Waals surface area contributed by atoms with Gasteiger partial charge < -0.3 is 5.32 Å². The molecule has 0 aromatic carbocycles. The minimum absolute atomic E-state index is 0.0492. The molecular formula is C18H26N4O3. The Hall–Kier alpha value is -1.92. The van der Waals surface area contributed by atoms with Crippen LogP contribution in [-0.2, 0) is 7.05 Å². The Morgan fingerprint density at radius 3 is 2.40 bits per heavy atom. The molecule has 0 radical (unpaired) electrons. The van der Waals surface area contributed by atoms with Crippen molar-refractivity contribution >= 4 is 11.6 Å². The fraction of sp³-hybridized carbons (Fsp3) is 0.778. The molecule has 1 amide bonds. The summed E-state index contributed by atoms with van der Waals surface area (Å²) in [6.45, 7) is 2.11. The molecule has 4 aliphatic rings. The van der Waals surface area contributed by atoms with Crippen molar-refractivity contribution in [3.63, 3.8) is 0 Å². The molecular weight excluding hydrogens is 320 g/mol. The van der Waals surface area contributed by atoms with Gasteiger partial charge in [0.15, 0.2) is 0 Å². The molecule has 4 saturated carbocycles. The number of nitrogens with zero attached hydrogens (tertiary/aromatic N) is 3. The molecule has 4 fully saturated rings. The number of carbonyl (C=O) groups excluding carboxylic acids is 1. The lowest BCUT2D eigenvalue weighted by atomic mass is 9.47. The monoisotopic (exact) mass is 346 g/mol. The summed E-state index contributed by atoms with van der Waals surface area (Å²) in [5, 5.41) is 18.2. The van der Waals surface area contributed by atoms with Crippen LogP contribution < -0.4 is 5.32 Å². The van der Waals surface area contributed by atoms with Gasteiger partial charge in [0.05, 0.1) is 4.92 Å².